The fourth-order valence-electron chi connectivity index (χ4n) is 1.71. The van der Waals surface area contributed by atoms with Gasteiger partial charge in [0.25, 0.3) is 5.91 Å². The van der Waals surface area contributed by atoms with E-state index in [1.807, 2.05) is 0 Å². The summed E-state index contributed by atoms with van der Waals surface area (Å²) < 4.78 is 4.84. The van der Waals surface area contributed by atoms with Crippen molar-refractivity contribution in [3.63, 3.8) is 0 Å². The number of nitrogens with two attached hydrogens (primary N) is 1. The molecule has 0 saturated carbocycles. The number of nitrogens with zero attached hydrogens (tertiary/aromatic N) is 3. The largest absolute Gasteiger partial charge is 0.409 e. The number of aryl methyl sites for hydroxylation is 1. The number of oxime groups is 1. The zero-order valence-electron chi connectivity index (χ0n) is 11.4. The number of nitrogens with one attached hydrogen (secondary N) is 1. The van der Waals surface area contributed by atoms with Gasteiger partial charge in [-0.25, -0.2) is 0 Å². The number of aromatic nitrogens is 2. The Hall–Kier alpha value is -2.90. The maximum atomic E-state index is 12.0. The fourth-order valence-corrected chi connectivity index (χ4v) is 1.71. The van der Waals surface area contributed by atoms with Crippen molar-refractivity contribution in [2.45, 2.75) is 13.3 Å². The SMILES string of the molecule is Cc1nc(CCNC(=O)c2cccc(/C(N)=N/O)c2)no1. The molecular formula is C13H15N5O3. The van der Waals surface area contributed by atoms with Crippen LogP contribution in [-0.2, 0) is 6.42 Å². The van der Waals surface area contributed by atoms with E-state index in [0.29, 0.717) is 35.8 Å². The molecule has 0 fully saturated rings. The van der Waals surface area contributed by atoms with Crippen molar-refractivity contribution in [1.29, 1.82) is 0 Å². The summed E-state index contributed by atoms with van der Waals surface area (Å²) in [5.74, 6) is 0.718. The van der Waals surface area contributed by atoms with Crippen molar-refractivity contribution in [3.8, 4) is 0 Å². The van der Waals surface area contributed by atoms with Crippen LogP contribution in [0.2, 0.25) is 0 Å². The van der Waals surface area contributed by atoms with Gasteiger partial charge in [-0.05, 0) is 12.1 Å². The Balaban J connectivity index is 1.94. The molecule has 4 N–H and O–H groups in total. The van der Waals surface area contributed by atoms with Gasteiger partial charge >= 0.3 is 0 Å². The van der Waals surface area contributed by atoms with Crippen molar-refractivity contribution < 1.29 is 14.5 Å². The van der Waals surface area contributed by atoms with E-state index in [0.717, 1.165) is 0 Å². The third-order valence-corrected chi connectivity index (χ3v) is 2.73. The lowest BCUT2D eigenvalue weighted by Gasteiger charge is -2.05. The van der Waals surface area contributed by atoms with Gasteiger partial charge in [0.2, 0.25) is 5.89 Å². The van der Waals surface area contributed by atoms with Crippen molar-refractivity contribution >= 4 is 11.7 Å². The monoisotopic (exact) mass is 289 g/mol. The minimum absolute atomic E-state index is 0.0491. The van der Waals surface area contributed by atoms with Gasteiger partial charge in [0, 0.05) is 31.0 Å². The Morgan fingerprint density at radius 3 is 2.90 bits per heavy atom. The smallest absolute Gasteiger partial charge is 0.251 e. The molecule has 0 atom stereocenters. The van der Waals surface area contributed by atoms with E-state index in [9.17, 15) is 4.79 Å². The predicted molar refractivity (Wildman–Crippen MR) is 74.0 cm³/mol. The lowest BCUT2D eigenvalue weighted by Crippen LogP contribution is -2.26. The zero-order chi connectivity index (χ0) is 15.2. The maximum absolute atomic E-state index is 12.0. The molecule has 8 nitrogen and oxygen atoms in total. The second-order valence-electron chi connectivity index (χ2n) is 4.30. The van der Waals surface area contributed by atoms with E-state index in [2.05, 4.69) is 20.6 Å². The Labute approximate surface area is 120 Å². The van der Waals surface area contributed by atoms with Crippen LogP contribution < -0.4 is 11.1 Å². The Kier molecular flexibility index (Phi) is 4.50. The van der Waals surface area contributed by atoms with Crippen LogP contribution in [0, 0.1) is 6.92 Å². The topological polar surface area (TPSA) is 127 Å². The summed E-state index contributed by atoms with van der Waals surface area (Å²) in [7, 11) is 0. The molecular weight excluding hydrogens is 274 g/mol. The number of amidine groups is 1. The number of hydrogen-bond donors (Lipinski definition) is 3. The second kappa shape index (κ2) is 6.51. The highest BCUT2D eigenvalue weighted by Gasteiger charge is 2.08. The van der Waals surface area contributed by atoms with Crippen LogP contribution in [0.25, 0.3) is 0 Å². The first-order chi connectivity index (χ1) is 10.1. The molecule has 0 saturated heterocycles. The highest BCUT2D eigenvalue weighted by molar-refractivity contribution is 6.01. The van der Waals surface area contributed by atoms with Crippen LogP contribution in [0.4, 0.5) is 0 Å². The molecule has 110 valence electrons. The van der Waals surface area contributed by atoms with Gasteiger partial charge in [-0.2, -0.15) is 4.98 Å². The van der Waals surface area contributed by atoms with E-state index >= 15 is 0 Å². The average Bonchev–Trinajstić information content (AvgIpc) is 2.92. The number of amides is 1. The number of carbonyl (C=O) groups is 1. The summed E-state index contributed by atoms with van der Waals surface area (Å²) in [5, 5.41) is 18.0. The average molecular weight is 289 g/mol. The van der Waals surface area contributed by atoms with E-state index < -0.39 is 0 Å². The first kappa shape index (κ1) is 14.5. The van der Waals surface area contributed by atoms with Gasteiger partial charge in [0.05, 0.1) is 0 Å². The van der Waals surface area contributed by atoms with E-state index in [4.69, 9.17) is 15.5 Å². The molecule has 8 heteroatoms. The van der Waals surface area contributed by atoms with E-state index in [1.54, 1.807) is 31.2 Å². The molecule has 1 heterocycles. The lowest BCUT2D eigenvalue weighted by atomic mass is 10.1. The van der Waals surface area contributed by atoms with Crippen molar-refractivity contribution in [3.05, 3.63) is 47.1 Å². The van der Waals surface area contributed by atoms with Gasteiger partial charge in [0.15, 0.2) is 11.7 Å². The summed E-state index contributed by atoms with van der Waals surface area (Å²) in [6.45, 7) is 2.08. The number of hydrogen-bond acceptors (Lipinski definition) is 6. The summed E-state index contributed by atoms with van der Waals surface area (Å²) in [4.78, 5) is 16.0. The molecule has 0 radical (unpaired) electrons. The van der Waals surface area contributed by atoms with Gasteiger partial charge < -0.3 is 20.8 Å². The summed E-state index contributed by atoms with van der Waals surface area (Å²) >= 11 is 0. The number of benzene rings is 1. The third-order valence-electron chi connectivity index (χ3n) is 2.73. The first-order valence-corrected chi connectivity index (χ1v) is 6.25. The summed E-state index contributed by atoms with van der Waals surface area (Å²) in [5.41, 5.74) is 6.37. The van der Waals surface area contributed by atoms with Crippen LogP contribution >= 0.6 is 0 Å². The van der Waals surface area contributed by atoms with Crippen molar-refractivity contribution in [2.24, 2.45) is 10.9 Å². The quantitative estimate of drug-likeness (QED) is 0.317. The highest BCUT2D eigenvalue weighted by atomic mass is 16.5. The molecule has 2 rings (SSSR count). The van der Waals surface area contributed by atoms with Crippen LogP contribution in [-0.4, -0.2) is 33.6 Å². The molecule has 0 unspecified atom stereocenters. The minimum atomic E-state index is -0.261. The number of rotatable bonds is 5. The Morgan fingerprint density at radius 2 is 2.24 bits per heavy atom. The zero-order valence-corrected chi connectivity index (χ0v) is 11.4. The van der Waals surface area contributed by atoms with Crippen LogP contribution in [0.3, 0.4) is 0 Å². The van der Waals surface area contributed by atoms with Gasteiger partial charge in [0.1, 0.15) is 0 Å². The molecule has 1 aromatic carbocycles. The molecule has 21 heavy (non-hydrogen) atoms. The molecule has 0 aliphatic carbocycles. The van der Waals surface area contributed by atoms with Crippen LogP contribution in [0.5, 0.6) is 0 Å². The molecule has 0 bridgehead atoms. The Bertz CT molecular complexity index is 665. The summed E-state index contributed by atoms with van der Waals surface area (Å²) in [6, 6.07) is 6.49. The normalized spacial score (nSPS) is 11.4. The number of carbonyl (C=O) groups excluding carboxylic acids is 1. The molecule has 0 spiro atoms. The summed E-state index contributed by atoms with van der Waals surface area (Å²) in [6.07, 6.45) is 0.475. The molecule has 2 aromatic rings. The second-order valence-corrected chi connectivity index (χ2v) is 4.30. The van der Waals surface area contributed by atoms with E-state index in [1.165, 1.54) is 0 Å². The van der Waals surface area contributed by atoms with Crippen molar-refractivity contribution in [2.75, 3.05) is 6.54 Å². The molecule has 1 amide bonds. The first-order valence-electron chi connectivity index (χ1n) is 6.25. The van der Waals surface area contributed by atoms with Gasteiger partial charge in [-0.15, -0.1) is 0 Å². The minimum Gasteiger partial charge on any atom is -0.409 e. The molecule has 1 aromatic heterocycles. The maximum Gasteiger partial charge on any atom is 0.251 e. The van der Waals surface area contributed by atoms with Gasteiger partial charge in [-0.3, -0.25) is 4.79 Å². The molecule has 0 aliphatic rings. The Morgan fingerprint density at radius 1 is 1.48 bits per heavy atom. The lowest BCUT2D eigenvalue weighted by molar-refractivity contribution is 0.0954. The standard InChI is InChI=1S/C13H15N5O3/c1-8-16-11(18-21-8)5-6-15-13(19)10-4-2-3-9(7-10)12(14)17-20/h2-4,7,20H,5-6H2,1H3,(H2,14,17)(H,15,19). The van der Waals surface area contributed by atoms with Crippen LogP contribution in [0.1, 0.15) is 27.6 Å². The van der Waals surface area contributed by atoms with E-state index in [-0.39, 0.29) is 11.7 Å². The fraction of sp³-hybridized carbons (Fsp3) is 0.231. The third kappa shape index (κ3) is 3.78. The van der Waals surface area contributed by atoms with Crippen molar-refractivity contribution in [1.82, 2.24) is 15.5 Å². The highest BCUT2D eigenvalue weighted by Crippen LogP contribution is 2.05. The van der Waals surface area contributed by atoms with Crippen LogP contribution in [0.15, 0.2) is 33.9 Å². The molecule has 0 aliphatic heterocycles. The van der Waals surface area contributed by atoms with Gasteiger partial charge in [-0.1, -0.05) is 22.4 Å². The predicted octanol–water partition coefficient (Wildman–Crippen LogP) is 0.445.